The van der Waals surface area contributed by atoms with Crippen LogP contribution in [0.1, 0.15) is 47.3 Å². The van der Waals surface area contributed by atoms with Crippen LogP contribution in [0.15, 0.2) is 45.0 Å². The number of imidazole rings is 1. The molecule has 2 N–H and O–H groups in total. The highest BCUT2D eigenvalue weighted by Gasteiger charge is 2.21. The number of nitrogens with zero attached hydrogens (tertiary/aromatic N) is 3. The van der Waals surface area contributed by atoms with Gasteiger partial charge in [0.15, 0.2) is 0 Å². The van der Waals surface area contributed by atoms with Crippen LogP contribution in [0.5, 0.6) is 0 Å². The first-order valence-electron chi connectivity index (χ1n) is 9.58. The minimum atomic E-state index is -0.174. The van der Waals surface area contributed by atoms with Crippen LogP contribution in [0.4, 0.5) is 0 Å². The van der Waals surface area contributed by atoms with E-state index >= 15 is 0 Å². The van der Waals surface area contributed by atoms with E-state index in [2.05, 4.69) is 20.4 Å². The van der Waals surface area contributed by atoms with E-state index in [-0.39, 0.29) is 24.2 Å². The summed E-state index contributed by atoms with van der Waals surface area (Å²) in [6, 6.07) is 9.53. The molecular formula is C20H19N5O3S. The number of hydrogen-bond acceptors (Lipinski definition) is 6. The molecule has 1 aliphatic rings. The normalized spacial score (nSPS) is 14.6. The van der Waals surface area contributed by atoms with Gasteiger partial charge in [0.1, 0.15) is 0 Å². The van der Waals surface area contributed by atoms with Crippen molar-refractivity contribution in [3.63, 3.8) is 0 Å². The molecule has 1 fully saturated rings. The third kappa shape index (κ3) is 3.38. The molecule has 8 nitrogen and oxygen atoms in total. The Labute approximate surface area is 169 Å². The maximum atomic E-state index is 12.4. The number of aromatic nitrogens is 4. The number of nitrogens with one attached hydrogen (secondary N) is 2. The number of carbonyl (C=O) groups is 1. The molecular weight excluding hydrogens is 390 g/mol. The highest BCUT2D eigenvalue weighted by molar-refractivity contribution is 7.12. The van der Waals surface area contributed by atoms with Crippen LogP contribution in [0.2, 0.25) is 0 Å². The SMILES string of the molecule is O=C(NCc1nc(-c2ccc3c(c2)[nH]c(=O)n3C2CCCC2)no1)c1cccs1. The van der Waals surface area contributed by atoms with E-state index in [0.29, 0.717) is 16.6 Å². The van der Waals surface area contributed by atoms with Crippen LogP contribution in [-0.4, -0.2) is 25.6 Å². The Morgan fingerprint density at radius 3 is 2.97 bits per heavy atom. The predicted octanol–water partition coefficient (Wildman–Crippen LogP) is 3.49. The van der Waals surface area contributed by atoms with E-state index in [9.17, 15) is 9.59 Å². The van der Waals surface area contributed by atoms with Gasteiger partial charge in [-0.15, -0.1) is 11.3 Å². The lowest BCUT2D eigenvalue weighted by Crippen LogP contribution is -2.21. The van der Waals surface area contributed by atoms with Crippen LogP contribution in [0.3, 0.4) is 0 Å². The summed E-state index contributed by atoms with van der Waals surface area (Å²) in [6.07, 6.45) is 4.41. The van der Waals surface area contributed by atoms with Crippen LogP contribution < -0.4 is 11.0 Å². The zero-order chi connectivity index (χ0) is 19.8. The van der Waals surface area contributed by atoms with E-state index < -0.39 is 0 Å². The summed E-state index contributed by atoms with van der Waals surface area (Å²) in [5.74, 6) is 0.566. The van der Waals surface area contributed by atoms with Gasteiger partial charge in [-0.05, 0) is 42.5 Å². The van der Waals surface area contributed by atoms with Gasteiger partial charge in [-0.2, -0.15) is 4.98 Å². The number of carbonyl (C=O) groups excluding carboxylic acids is 1. The van der Waals surface area contributed by atoms with Gasteiger partial charge in [0.05, 0.1) is 22.5 Å². The maximum absolute atomic E-state index is 12.4. The van der Waals surface area contributed by atoms with Gasteiger partial charge in [-0.3, -0.25) is 9.36 Å². The van der Waals surface area contributed by atoms with Crippen LogP contribution in [0, 0.1) is 0 Å². The van der Waals surface area contributed by atoms with E-state index in [1.807, 2.05) is 34.2 Å². The summed E-state index contributed by atoms with van der Waals surface area (Å²) in [6.45, 7) is 0.154. The molecule has 4 aromatic rings. The molecule has 0 atom stereocenters. The third-order valence-corrected chi connectivity index (χ3v) is 6.15. The van der Waals surface area contributed by atoms with Crippen molar-refractivity contribution in [1.82, 2.24) is 25.0 Å². The summed E-state index contributed by atoms with van der Waals surface area (Å²) in [5.41, 5.74) is 2.33. The van der Waals surface area contributed by atoms with Crippen molar-refractivity contribution in [1.29, 1.82) is 0 Å². The summed E-state index contributed by atoms with van der Waals surface area (Å²) in [4.78, 5) is 32.4. The van der Waals surface area contributed by atoms with Gasteiger partial charge >= 0.3 is 5.69 Å². The number of fused-ring (bicyclic) bond motifs is 1. The average molecular weight is 409 g/mol. The van der Waals surface area contributed by atoms with Gasteiger partial charge in [0, 0.05) is 11.6 Å². The summed E-state index contributed by atoms with van der Waals surface area (Å²) < 4.78 is 7.13. The Morgan fingerprint density at radius 1 is 1.31 bits per heavy atom. The summed E-state index contributed by atoms with van der Waals surface area (Å²) >= 11 is 1.37. The number of benzene rings is 1. The first-order valence-corrected chi connectivity index (χ1v) is 10.5. The molecule has 148 valence electrons. The molecule has 1 aromatic carbocycles. The minimum absolute atomic E-state index is 0.0749. The van der Waals surface area contributed by atoms with Crippen LogP contribution in [0.25, 0.3) is 22.4 Å². The van der Waals surface area contributed by atoms with Gasteiger partial charge < -0.3 is 14.8 Å². The maximum Gasteiger partial charge on any atom is 0.326 e. The highest BCUT2D eigenvalue weighted by atomic mass is 32.1. The molecule has 0 spiro atoms. The number of thiophene rings is 1. The van der Waals surface area contributed by atoms with E-state index in [4.69, 9.17) is 4.52 Å². The lowest BCUT2D eigenvalue weighted by Gasteiger charge is -2.11. The smallest absolute Gasteiger partial charge is 0.326 e. The highest BCUT2D eigenvalue weighted by Crippen LogP contribution is 2.31. The van der Waals surface area contributed by atoms with Crippen molar-refractivity contribution < 1.29 is 9.32 Å². The molecule has 0 radical (unpaired) electrons. The van der Waals surface area contributed by atoms with Gasteiger partial charge in [-0.1, -0.05) is 24.1 Å². The quantitative estimate of drug-likeness (QED) is 0.525. The zero-order valence-corrected chi connectivity index (χ0v) is 16.4. The molecule has 0 saturated heterocycles. The van der Waals surface area contributed by atoms with Gasteiger partial charge in [-0.25, -0.2) is 4.79 Å². The molecule has 29 heavy (non-hydrogen) atoms. The topological polar surface area (TPSA) is 106 Å². The van der Waals surface area contributed by atoms with Crippen molar-refractivity contribution >= 4 is 28.3 Å². The second-order valence-electron chi connectivity index (χ2n) is 7.14. The first-order chi connectivity index (χ1) is 14.2. The van der Waals surface area contributed by atoms with Crippen molar-refractivity contribution in [2.45, 2.75) is 38.3 Å². The largest absolute Gasteiger partial charge is 0.342 e. The molecule has 1 aliphatic carbocycles. The fourth-order valence-corrected chi connectivity index (χ4v) is 4.53. The van der Waals surface area contributed by atoms with Crippen molar-refractivity contribution in [2.75, 3.05) is 0 Å². The predicted molar refractivity (Wildman–Crippen MR) is 109 cm³/mol. The molecule has 3 heterocycles. The number of H-pyrrole nitrogens is 1. The standard InChI is InChI=1S/C20H19N5O3S/c26-19(16-6-3-9-29-16)21-11-17-23-18(24-28-17)12-7-8-15-14(10-12)22-20(27)25(15)13-4-1-2-5-13/h3,6-10,13H,1-2,4-5,11H2,(H,21,26)(H,22,27). The summed E-state index contributed by atoms with van der Waals surface area (Å²) in [5, 5.41) is 8.62. The Morgan fingerprint density at radius 2 is 2.17 bits per heavy atom. The van der Waals surface area contributed by atoms with Gasteiger partial charge in [0.2, 0.25) is 11.7 Å². The van der Waals surface area contributed by atoms with Crippen molar-refractivity contribution in [2.24, 2.45) is 0 Å². The van der Waals surface area contributed by atoms with E-state index in [1.165, 1.54) is 11.3 Å². The Balaban J connectivity index is 1.36. The minimum Gasteiger partial charge on any atom is -0.342 e. The van der Waals surface area contributed by atoms with Crippen LogP contribution in [-0.2, 0) is 6.54 Å². The third-order valence-electron chi connectivity index (χ3n) is 5.28. The Bertz CT molecular complexity index is 1210. The fraction of sp³-hybridized carbons (Fsp3) is 0.300. The Hall–Kier alpha value is -3.20. The number of hydrogen-bond donors (Lipinski definition) is 2. The number of rotatable bonds is 5. The summed E-state index contributed by atoms with van der Waals surface area (Å²) in [7, 11) is 0. The molecule has 5 rings (SSSR count). The molecule has 1 amide bonds. The van der Waals surface area contributed by atoms with Crippen molar-refractivity contribution in [3.8, 4) is 11.4 Å². The second kappa shape index (κ2) is 7.32. The molecule has 0 aliphatic heterocycles. The molecule has 0 unspecified atom stereocenters. The van der Waals surface area contributed by atoms with Crippen molar-refractivity contribution in [3.05, 3.63) is 57.0 Å². The lowest BCUT2D eigenvalue weighted by atomic mass is 10.1. The number of aromatic amines is 1. The first kappa shape index (κ1) is 17.9. The molecule has 0 bridgehead atoms. The molecule has 3 aromatic heterocycles. The lowest BCUT2D eigenvalue weighted by molar-refractivity contribution is 0.0950. The van der Waals surface area contributed by atoms with E-state index in [0.717, 1.165) is 42.3 Å². The second-order valence-corrected chi connectivity index (χ2v) is 8.09. The molecule has 9 heteroatoms. The monoisotopic (exact) mass is 409 g/mol. The van der Waals surface area contributed by atoms with E-state index in [1.54, 1.807) is 6.07 Å². The Kier molecular flexibility index (Phi) is 4.51. The number of amides is 1. The van der Waals surface area contributed by atoms with Crippen LogP contribution >= 0.6 is 11.3 Å². The zero-order valence-electron chi connectivity index (χ0n) is 15.6. The fourth-order valence-electron chi connectivity index (χ4n) is 3.89. The average Bonchev–Trinajstić information content (AvgIpc) is 3.52. The molecule has 1 saturated carbocycles. The van der Waals surface area contributed by atoms with Gasteiger partial charge in [0.25, 0.3) is 5.91 Å².